The Morgan fingerprint density at radius 3 is 2.78 bits per heavy atom. The van der Waals surface area contributed by atoms with Crippen LogP contribution >= 0.6 is 22.9 Å². The molecular weight excluding hydrogens is 266 g/mol. The number of para-hydroxylation sites is 1. The summed E-state index contributed by atoms with van der Waals surface area (Å²) in [7, 11) is 0. The Hall–Kier alpha value is -1.03. The monoisotopic (exact) mass is 281 g/mol. The number of nitrogens with one attached hydrogen (secondary N) is 1. The highest BCUT2D eigenvalue weighted by atomic mass is 35.5. The van der Waals surface area contributed by atoms with Gasteiger partial charge in [-0.15, -0.1) is 11.3 Å². The summed E-state index contributed by atoms with van der Waals surface area (Å²) in [4.78, 5) is 1.20. The number of halogens is 1. The summed E-state index contributed by atoms with van der Waals surface area (Å²) in [5.74, 6) is 0.376. The Morgan fingerprint density at radius 2 is 2.11 bits per heavy atom. The summed E-state index contributed by atoms with van der Waals surface area (Å²) in [6, 6.07) is 9.95. The molecule has 2 rings (SSSR count). The topological polar surface area (TPSA) is 32.3 Å². The molecule has 0 fully saturated rings. The quantitative estimate of drug-likeness (QED) is 0.877. The number of benzene rings is 1. The third-order valence-electron chi connectivity index (χ3n) is 2.94. The highest BCUT2D eigenvalue weighted by Crippen LogP contribution is 2.27. The second-order valence-corrected chi connectivity index (χ2v) is 6.07. The summed E-state index contributed by atoms with van der Waals surface area (Å²) in [6.45, 7) is 4.64. The lowest BCUT2D eigenvalue weighted by molar-refractivity contribution is 0.457. The number of aryl methyl sites for hydroxylation is 1. The molecule has 0 saturated heterocycles. The van der Waals surface area contributed by atoms with Crippen molar-refractivity contribution in [2.24, 2.45) is 0 Å². The van der Waals surface area contributed by atoms with E-state index in [2.05, 4.69) is 12.2 Å². The zero-order valence-corrected chi connectivity index (χ0v) is 12.0. The molecule has 0 aliphatic carbocycles. The van der Waals surface area contributed by atoms with E-state index in [4.69, 9.17) is 11.6 Å². The lowest BCUT2D eigenvalue weighted by Crippen LogP contribution is -2.17. The molecular formula is C14H16ClNOS. The van der Waals surface area contributed by atoms with E-state index in [-0.39, 0.29) is 6.04 Å². The van der Waals surface area contributed by atoms with Crippen LogP contribution in [0.15, 0.2) is 30.3 Å². The van der Waals surface area contributed by atoms with Gasteiger partial charge in [0, 0.05) is 23.0 Å². The molecule has 1 aromatic heterocycles. The first-order valence-corrected chi connectivity index (χ1v) is 7.03. The van der Waals surface area contributed by atoms with Crippen LogP contribution in [0.25, 0.3) is 0 Å². The molecule has 0 bridgehead atoms. The molecule has 96 valence electrons. The van der Waals surface area contributed by atoms with Crippen molar-refractivity contribution in [3.05, 3.63) is 50.7 Å². The van der Waals surface area contributed by atoms with E-state index < -0.39 is 0 Å². The number of thiophene rings is 1. The molecule has 0 aliphatic rings. The first kappa shape index (κ1) is 13.4. The van der Waals surface area contributed by atoms with E-state index in [1.807, 2.05) is 37.3 Å². The van der Waals surface area contributed by atoms with Crippen LogP contribution in [0.1, 0.15) is 29.0 Å². The second kappa shape index (κ2) is 5.74. The minimum atomic E-state index is 0.224. The fourth-order valence-electron chi connectivity index (χ4n) is 1.79. The van der Waals surface area contributed by atoms with Gasteiger partial charge in [0.1, 0.15) is 5.75 Å². The van der Waals surface area contributed by atoms with Gasteiger partial charge in [-0.05, 0) is 31.5 Å². The number of hydrogen-bond donors (Lipinski definition) is 2. The summed E-state index contributed by atoms with van der Waals surface area (Å²) < 4.78 is 0.803. The Morgan fingerprint density at radius 1 is 1.33 bits per heavy atom. The van der Waals surface area contributed by atoms with Gasteiger partial charge in [-0.3, -0.25) is 0 Å². The van der Waals surface area contributed by atoms with Gasteiger partial charge in [0.2, 0.25) is 0 Å². The van der Waals surface area contributed by atoms with Gasteiger partial charge in [0.05, 0.1) is 4.34 Å². The van der Waals surface area contributed by atoms with Crippen molar-refractivity contribution in [2.75, 3.05) is 0 Å². The average molecular weight is 282 g/mol. The van der Waals surface area contributed by atoms with Crippen LogP contribution in [0, 0.1) is 6.92 Å². The highest BCUT2D eigenvalue weighted by molar-refractivity contribution is 7.16. The zero-order valence-electron chi connectivity index (χ0n) is 10.4. The van der Waals surface area contributed by atoms with E-state index in [0.29, 0.717) is 12.3 Å². The van der Waals surface area contributed by atoms with Crippen molar-refractivity contribution in [3.63, 3.8) is 0 Å². The summed E-state index contributed by atoms with van der Waals surface area (Å²) in [6.07, 6.45) is 0. The van der Waals surface area contributed by atoms with Crippen LogP contribution in [-0.4, -0.2) is 5.11 Å². The molecule has 1 heterocycles. The molecule has 2 nitrogen and oxygen atoms in total. The fourth-order valence-corrected chi connectivity index (χ4v) is 2.87. The van der Waals surface area contributed by atoms with Gasteiger partial charge < -0.3 is 10.4 Å². The maximum atomic E-state index is 9.93. The van der Waals surface area contributed by atoms with Crippen LogP contribution < -0.4 is 5.32 Å². The van der Waals surface area contributed by atoms with Crippen molar-refractivity contribution < 1.29 is 5.11 Å². The number of aromatic hydroxyl groups is 1. The predicted molar refractivity (Wildman–Crippen MR) is 77.4 cm³/mol. The lowest BCUT2D eigenvalue weighted by Gasteiger charge is -2.13. The third kappa shape index (κ3) is 3.05. The molecule has 2 aromatic rings. The van der Waals surface area contributed by atoms with Crippen molar-refractivity contribution in [1.29, 1.82) is 0 Å². The van der Waals surface area contributed by atoms with Crippen LogP contribution in [0.4, 0.5) is 0 Å². The second-order valence-electron chi connectivity index (χ2n) is 4.33. The van der Waals surface area contributed by atoms with Crippen molar-refractivity contribution in [1.82, 2.24) is 5.32 Å². The normalized spacial score (nSPS) is 12.6. The van der Waals surface area contributed by atoms with Crippen molar-refractivity contribution >= 4 is 22.9 Å². The molecule has 0 amide bonds. The van der Waals surface area contributed by atoms with Crippen molar-refractivity contribution in [2.45, 2.75) is 26.4 Å². The van der Waals surface area contributed by atoms with Crippen molar-refractivity contribution in [3.8, 4) is 5.75 Å². The molecule has 1 aromatic carbocycles. The molecule has 18 heavy (non-hydrogen) atoms. The van der Waals surface area contributed by atoms with Gasteiger partial charge in [0.15, 0.2) is 0 Å². The number of phenolic OH excluding ortho intramolecular Hbond substituents is 1. The molecule has 0 radical (unpaired) electrons. The predicted octanol–water partition coefficient (Wildman–Crippen LogP) is 4.27. The third-order valence-corrected chi connectivity index (χ3v) is 4.35. The first-order chi connectivity index (χ1) is 8.58. The smallest absolute Gasteiger partial charge is 0.122 e. The van der Waals surface area contributed by atoms with Gasteiger partial charge in [0.25, 0.3) is 0 Å². The van der Waals surface area contributed by atoms with Gasteiger partial charge >= 0.3 is 0 Å². The molecule has 1 unspecified atom stereocenters. The maximum Gasteiger partial charge on any atom is 0.122 e. The van der Waals surface area contributed by atoms with Gasteiger partial charge in [-0.2, -0.15) is 0 Å². The molecule has 1 atom stereocenters. The SMILES string of the molecule is Cc1cccc(CNC(C)c2ccc(Cl)s2)c1O. The van der Waals surface area contributed by atoms with Crippen LogP contribution in [0.3, 0.4) is 0 Å². The van der Waals surface area contributed by atoms with E-state index in [1.165, 1.54) is 4.88 Å². The number of rotatable bonds is 4. The molecule has 4 heteroatoms. The van der Waals surface area contributed by atoms with E-state index >= 15 is 0 Å². The van der Waals surface area contributed by atoms with Gasteiger partial charge in [-0.1, -0.05) is 29.8 Å². The summed E-state index contributed by atoms with van der Waals surface area (Å²) in [5.41, 5.74) is 1.82. The molecule has 0 saturated carbocycles. The number of phenols is 1. The van der Waals surface area contributed by atoms with Crippen LogP contribution in [0.2, 0.25) is 4.34 Å². The van der Waals surface area contributed by atoms with E-state index in [9.17, 15) is 5.11 Å². The molecule has 0 aliphatic heterocycles. The molecule has 2 N–H and O–H groups in total. The number of hydrogen-bond acceptors (Lipinski definition) is 3. The Bertz CT molecular complexity index is 538. The minimum Gasteiger partial charge on any atom is -0.507 e. The minimum absolute atomic E-state index is 0.224. The van der Waals surface area contributed by atoms with E-state index in [1.54, 1.807) is 11.3 Å². The van der Waals surface area contributed by atoms with Crippen LogP contribution in [-0.2, 0) is 6.54 Å². The van der Waals surface area contributed by atoms with Crippen LogP contribution in [0.5, 0.6) is 5.75 Å². The largest absolute Gasteiger partial charge is 0.507 e. The van der Waals surface area contributed by atoms with Gasteiger partial charge in [-0.25, -0.2) is 0 Å². The standard InChI is InChI=1S/C14H16ClNOS/c1-9-4-3-5-11(14(9)17)8-16-10(2)12-6-7-13(15)18-12/h3-7,10,16-17H,8H2,1-2H3. The molecule has 0 spiro atoms. The summed E-state index contributed by atoms with van der Waals surface area (Å²) in [5, 5.41) is 13.3. The lowest BCUT2D eigenvalue weighted by atomic mass is 10.1. The zero-order chi connectivity index (χ0) is 13.1. The highest BCUT2D eigenvalue weighted by Gasteiger charge is 2.09. The Kier molecular flexibility index (Phi) is 4.27. The van der Waals surface area contributed by atoms with E-state index in [0.717, 1.165) is 15.5 Å². The maximum absolute atomic E-state index is 9.93. The Labute approximate surface area is 116 Å². The Balaban J connectivity index is 2.01. The average Bonchev–Trinajstić information content (AvgIpc) is 2.77. The first-order valence-electron chi connectivity index (χ1n) is 5.84. The summed E-state index contributed by atoms with van der Waals surface area (Å²) >= 11 is 7.50. The fraction of sp³-hybridized carbons (Fsp3) is 0.286.